The Hall–Kier alpha value is -2.85. The van der Waals surface area contributed by atoms with E-state index >= 15 is 0 Å². The molecule has 1 fully saturated rings. The lowest BCUT2D eigenvalue weighted by Gasteiger charge is -2.20. The molecule has 6 N–H and O–H groups in total. The molecule has 1 aliphatic carbocycles. The number of aliphatic hydroxyl groups is 3. The Morgan fingerprint density at radius 2 is 1.22 bits per heavy atom. The molecule has 0 aromatic heterocycles. The van der Waals surface area contributed by atoms with Crippen molar-refractivity contribution in [3.8, 4) is 0 Å². The van der Waals surface area contributed by atoms with Crippen LogP contribution in [0.3, 0.4) is 0 Å². The van der Waals surface area contributed by atoms with Gasteiger partial charge in [-0.25, -0.2) is 9.13 Å². The summed E-state index contributed by atoms with van der Waals surface area (Å²) in [7, 11) is -9.80. The molecule has 0 aliphatic heterocycles. The number of esters is 2. The zero-order chi connectivity index (χ0) is 47.5. The summed E-state index contributed by atoms with van der Waals surface area (Å²) in [5.74, 6) is -2.17. The molecule has 1 aliphatic rings. The van der Waals surface area contributed by atoms with Crippen LogP contribution in [0.5, 0.6) is 0 Å². The van der Waals surface area contributed by atoms with Crippen LogP contribution < -0.4 is 0 Å². The van der Waals surface area contributed by atoms with Crippen LogP contribution >= 0.6 is 15.6 Å². The zero-order valence-electron chi connectivity index (χ0n) is 37.8. The summed E-state index contributed by atoms with van der Waals surface area (Å²) in [5, 5.41) is 30.5. The third kappa shape index (κ3) is 32.7. The highest BCUT2D eigenvalue weighted by molar-refractivity contribution is 7.47. The van der Waals surface area contributed by atoms with Crippen LogP contribution in [0.25, 0.3) is 0 Å². The first-order valence-electron chi connectivity index (χ1n) is 22.7. The molecule has 1 rings (SSSR count). The fourth-order valence-corrected chi connectivity index (χ4v) is 7.53. The lowest BCUT2D eigenvalue weighted by molar-refractivity contribution is -0.161. The number of carbonyl (C=O) groups is 3. The van der Waals surface area contributed by atoms with Crippen molar-refractivity contribution in [3.63, 3.8) is 0 Å². The minimum Gasteiger partial charge on any atom is -0.462 e. The van der Waals surface area contributed by atoms with Crippen LogP contribution in [0.4, 0.5) is 0 Å². The van der Waals surface area contributed by atoms with Crippen LogP contribution in [0.15, 0.2) is 72.9 Å². The first kappa shape index (κ1) is 59.2. The van der Waals surface area contributed by atoms with Gasteiger partial charge in [-0.15, -0.1) is 0 Å². The van der Waals surface area contributed by atoms with E-state index in [-0.39, 0.29) is 31.0 Å². The van der Waals surface area contributed by atoms with Crippen LogP contribution in [0.2, 0.25) is 0 Å². The summed E-state index contributed by atoms with van der Waals surface area (Å²) in [6.07, 6.45) is 32.7. The number of rotatable bonds is 38. The largest absolute Gasteiger partial charge is 0.472 e. The Kier molecular flexibility index (Phi) is 33.6. The van der Waals surface area contributed by atoms with Crippen molar-refractivity contribution in [1.29, 1.82) is 0 Å². The fraction of sp³-hybridized carbons (Fsp3) is 0.674. The number of aliphatic hydroxyl groups excluding tert-OH is 3. The maximum Gasteiger partial charge on any atom is 0.472 e. The summed E-state index contributed by atoms with van der Waals surface area (Å²) in [6, 6.07) is 0. The number of Topliss-reactive ketones (excluding diaryl/α,β-unsaturated/α-hetero) is 1. The molecule has 18 heteroatoms. The molecule has 1 saturated carbocycles. The van der Waals surface area contributed by atoms with Gasteiger partial charge in [0.15, 0.2) is 6.10 Å². The van der Waals surface area contributed by atoms with Crippen molar-refractivity contribution < 1.29 is 76.6 Å². The highest BCUT2D eigenvalue weighted by Crippen LogP contribution is 2.44. The molecule has 0 heterocycles. The molecule has 366 valence electrons. The first-order chi connectivity index (χ1) is 30.6. The van der Waals surface area contributed by atoms with E-state index in [1.807, 2.05) is 24.3 Å². The molecule has 0 amide bonds. The molecule has 0 spiro atoms. The lowest BCUT2D eigenvalue weighted by Crippen LogP contribution is -2.29. The van der Waals surface area contributed by atoms with Gasteiger partial charge in [-0.05, 0) is 70.6 Å². The molecule has 16 nitrogen and oxygen atoms in total. The van der Waals surface area contributed by atoms with Crippen LogP contribution in [0.1, 0.15) is 136 Å². The van der Waals surface area contributed by atoms with Crippen molar-refractivity contribution in [2.24, 2.45) is 11.8 Å². The summed E-state index contributed by atoms with van der Waals surface area (Å²) in [4.78, 5) is 65.4. The van der Waals surface area contributed by atoms with Crippen LogP contribution in [0, 0.1) is 11.8 Å². The van der Waals surface area contributed by atoms with Crippen LogP contribution in [-0.4, -0.2) is 98.6 Å². The smallest absolute Gasteiger partial charge is 0.462 e. The molecule has 0 radical (unpaired) electrons. The van der Waals surface area contributed by atoms with Gasteiger partial charge in [-0.2, -0.15) is 0 Å². The normalized spacial score (nSPS) is 19.8. The fourth-order valence-electron chi connectivity index (χ4n) is 6.38. The van der Waals surface area contributed by atoms with E-state index in [4.69, 9.17) is 23.8 Å². The van der Waals surface area contributed by atoms with Gasteiger partial charge in [0.05, 0.1) is 32.0 Å². The van der Waals surface area contributed by atoms with E-state index in [2.05, 4.69) is 59.4 Å². The number of ether oxygens (including phenoxy) is 2. The van der Waals surface area contributed by atoms with Crippen molar-refractivity contribution in [2.75, 3.05) is 26.4 Å². The van der Waals surface area contributed by atoms with Gasteiger partial charge in [0.1, 0.15) is 18.5 Å². The van der Waals surface area contributed by atoms with E-state index in [0.717, 1.165) is 44.9 Å². The summed E-state index contributed by atoms with van der Waals surface area (Å²) in [5.41, 5.74) is 0. The van der Waals surface area contributed by atoms with E-state index in [1.54, 1.807) is 12.2 Å². The van der Waals surface area contributed by atoms with E-state index < -0.39 is 84.3 Å². The summed E-state index contributed by atoms with van der Waals surface area (Å²) < 4.78 is 47.7. The predicted octanol–water partition coefficient (Wildman–Crippen LogP) is 8.37. The van der Waals surface area contributed by atoms with Gasteiger partial charge >= 0.3 is 27.6 Å². The van der Waals surface area contributed by atoms with Gasteiger partial charge < -0.3 is 39.5 Å². The Bertz CT molecular complexity index is 1570. The second kappa shape index (κ2) is 36.3. The monoisotopic (exact) mass is 946 g/mol. The van der Waals surface area contributed by atoms with Gasteiger partial charge in [-0.1, -0.05) is 119 Å². The standard InChI is InChI=1S/C46H76O16P2/c1-3-5-7-8-9-10-11-12-13-14-15-16-17-18-19-20-26-30-46(52)62-40(37-61-64(56,57)60-35-39(48)34-59-63(53,54)55)36-58-45(51)29-25-22-21-24-28-41-42(44(50)33-43(41)49)32-31-38(47)27-23-6-4-2/h9-10,12-13,15-16,18-19,21,24,31-32,38-43,47-49H,3-8,11,14,17,20,22-23,25-30,33-37H2,1-2H3,(H,56,57)(H2,53,54,55)/b10-9-,13-12-,16-15-,19-18-,24-21-,32-31+/t38-,39-,40+,41+,42+,43-/m0/s1. The van der Waals surface area contributed by atoms with Gasteiger partial charge in [0, 0.05) is 31.1 Å². The molecular weight excluding hydrogens is 870 g/mol. The maximum absolute atomic E-state index is 12.7. The SMILES string of the molecule is CCCCC/C=C\C/C=C\C/C=C\C/C=C\CCCC(=O)O[C@H](COC(=O)CCC/C=C\C[C@H]1[C@@H](O)CC(=O)[C@@H]1/C=C/[C@@H](O)CCCCC)COP(=O)(O)OC[C@@H](O)COP(=O)(O)O. The molecule has 1 unspecified atom stereocenters. The topological polar surface area (TPSA) is 253 Å². The Morgan fingerprint density at radius 3 is 1.83 bits per heavy atom. The molecular formula is C46H76O16P2. The minimum atomic E-state index is -4.91. The quantitative estimate of drug-likeness (QED) is 0.0147. The Balaban J connectivity index is 2.61. The van der Waals surface area contributed by atoms with E-state index in [9.17, 15) is 43.7 Å². The third-order valence-corrected chi connectivity index (χ3v) is 11.4. The number of phosphoric ester groups is 2. The van der Waals surface area contributed by atoms with E-state index in [0.29, 0.717) is 38.5 Å². The third-order valence-electron chi connectivity index (χ3n) is 9.93. The molecule has 0 bridgehead atoms. The van der Waals surface area contributed by atoms with Crippen molar-refractivity contribution in [3.05, 3.63) is 72.9 Å². The number of phosphoric acid groups is 2. The van der Waals surface area contributed by atoms with Gasteiger partial charge in [-0.3, -0.25) is 28.0 Å². The van der Waals surface area contributed by atoms with Crippen LogP contribution in [-0.2, 0) is 46.6 Å². The van der Waals surface area contributed by atoms with Gasteiger partial charge in [0.25, 0.3) is 0 Å². The lowest BCUT2D eigenvalue weighted by atomic mass is 9.90. The number of ketones is 1. The Morgan fingerprint density at radius 1 is 0.688 bits per heavy atom. The summed E-state index contributed by atoms with van der Waals surface area (Å²) >= 11 is 0. The number of hydrogen-bond donors (Lipinski definition) is 6. The number of hydrogen-bond acceptors (Lipinski definition) is 13. The second-order valence-corrected chi connectivity index (χ2v) is 18.4. The number of unbranched alkanes of at least 4 members (excludes halogenated alkanes) is 7. The highest BCUT2D eigenvalue weighted by atomic mass is 31.2. The minimum absolute atomic E-state index is 0.00205. The second-order valence-electron chi connectivity index (χ2n) is 15.8. The average molecular weight is 947 g/mol. The predicted molar refractivity (Wildman–Crippen MR) is 244 cm³/mol. The number of allylic oxidation sites excluding steroid dienone is 11. The molecule has 7 atom stereocenters. The summed E-state index contributed by atoms with van der Waals surface area (Å²) in [6.45, 7) is 1.25. The molecule has 64 heavy (non-hydrogen) atoms. The number of carbonyl (C=O) groups excluding carboxylic acids is 3. The van der Waals surface area contributed by atoms with Crippen molar-refractivity contribution >= 4 is 33.4 Å². The highest BCUT2D eigenvalue weighted by Gasteiger charge is 2.39. The van der Waals surface area contributed by atoms with Crippen molar-refractivity contribution in [1.82, 2.24) is 0 Å². The molecule has 0 aromatic rings. The maximum atomic E-state index is 12.7. The van der Waals surface area contributed by atoms with Crippen molar-refractivity contribution in [2.45, 2.75) is 160 Å². The first-order valence-corrected chi connectivity index (χ1v) is 25.8. The average Bonchev–Trinajstić information content (AvgIpc) is 3.51. The zero-order valence-corrected chi connectivity index (χ0v) is 39.6. The Labute approximate surface area is 380 Å². The molecule has 0 aromatic carbocycles. The van der Waals surface area contributed by atoms with Gasteiger partial charge in [0.2, 0.25) is 0 Å². The van der Waals surface area contributed by atoms with E-state index in [1.165, 1.54) is 19.3 Å². The molecule has 0 saturated heterocycles.